The van der Waals surface area contributed by atoms with Crippen LogP contribution >= 0.6 is 15.9 Å². The highest BCUT2D eigenvalue weighted by Crippen LogP contribution is 2.45. The molecular weight excluding hydrogens is 366 g/mol. The van der Waals surface area contributed by atoms with Crippen LogP contribution in [0.2, 0.25) is 0 Å². The highest BCUT2D eigenvalue weighted by Gasteiger charge is 2.45. The first-order valence-corrected chi connectivity index (χ1v) is 8.70. The smallest absolute Gasteiger partial charge is 0.272 e. The molecule has 1 saturated carbocycles. The van der Waals surface area contributed by atoms with Crippen molar-refractivity contribution >= 4 is 27.5 Å². The number of halogens is 1. The molecule has 1 aliphatic carbocycles. The molecule has 2 atom stereocenters. The summed E-state index contributed by atoms with van der Waals surface area (Å²) in [4.78, 5) is 8.67. The molecule has 0 amide bonds. The summed E-state index contributed by atoms with van der Waals surface area (Å²) in [5.41, 5.74) is 3.42. The zero-order valence-electron chi connectivity index (χ0n) is 12.8. The van der Waals surface area contributed by atoms with Gasteiger partial charge in [-0.3, -0.25) is 5.10 Å². The number of aromatic amines is 1. The Morgan fingerprint density at radius 1 is 1.33 bits per heavy atom. The topological polar surface area (TPSA) is 69.2 Å². The van der Waals surface area contributed by atoms with Crippen molar-refractivity contribution in [1.82, 2.24) is 10.2 Å². The van der Waals surface area contributed by atoms with E-state index in [1.54, 1.807) is 12.3 Å². The first-order valence-electron chi connectivity index (χ1n) is 7.91. The van der Waals surface area contributed by atoms with Crippen LogP contribution in [-0.2, 0) is 0 Å². The van der Waals surface area contributed by atoms with Crippen molar-refractivity contribution in [2.45, 2.75) is 31.2 Å². The molecule has 0 bridgehead atoms. The van der Waals surface area contributed by atoms with Crippen LogP contribution in [0, 0.1) is 23.8 Å². The van der Waals surface area contributed by atoms with Crippen molar-refractivity contribution in [3.63, 3.8) is 0 Å². The van der Waals surface area contributed by atoms with Crippen LogP contribution in [0.4, 0.5) is 5.82 Å². The molecule has 5 nitrogen and oxygen atoms in total. The maximum Gasteiger partial charge on any atom is 0.272 e. The highest BCUT2D eigenvalue weighted by molar-refractivity contribution is 9.10. The number of benzene rings is 1. The van der Waals surface area contributed by atoms with Crippen LogP contribution in [0.3, 0.4) is 0 Å². The van der Waals surface area contributed by atoms with E-state index >= 15 is 0 Å². The Morgan fingerprint density at radius 3 is 2.83 bits per heavy atom. The summed E-state index contributed by atoms with van der Waals surface area (Å²) < 4.78 is 0.758. The lowest BCUT2D eigenvalue weighted by molar-refractivity contribution is 0.404. The minimum atomic E-state index is -0.342. The van der Waals surface area contributed by atoms with Gasteiger partial charge in [-0.1, -0.05) is 18.6 Å². The highest BCUT2D eigenvalue weighted by atomic mass is 79.9. The Labute approximate surface area is 148 Å². The molecule has 0 radical (unpaired) electrons. The third-order valence-electron chi connectivity index (χ3n) is 4.99. The van der Waals surface area contributed by atoms with Crippen molar-refractivity contribution in [2.75, 3.05) is 0 Å². The second kappa shape index (κ2) is 5.89. The largest absolute Gasteiger partial charge is 0.306 e. The summed E-state index contributed by atoms with van der Waals surface area (Å²) in [6.07, 6.45) is 5.15. The van der Waals surface area contributed by atoms with Crippen LogP contribution < -0.4 is 0 Å². The van der Waals surface area contributed by atoms with E-state index in [0.29, 0.717) is 11.5 Å². The molecule has 1 aliphatic heterocycles. The van der Waals surface area contributed by atoms with Gasteiger partial charge in [-0.15, -0.1) is 0 Å². The summed E-state index contributed by atoms with van der Waals surface area (Å²) in [6, 6.07) is 7.49. The number of rotatable bonds is 2. The monoisotopic (exact) mass is 379 g/mol. The standard InChI is InChI=1S/C18H14BrN5/c1-21-17-14(12-7-3-6-11(8-20)15(12)19)13-9-22-24-18(13)23-16(17)10-4-2-5-10/h3,6-7,9-10,14,17H,2,4-5H2,(H,22,24). The Bertz CT molecular complexity index is 910. The number of fused-ring (bicyclic) bond motifs is 1. The number of hydrogen-bond acceptors (Lipinski definition) is 3. The lowest BCUT2D eigenvalue weighted by Gasteiger charge is -2.32. The third-order valence-corrected chi connectivity index (χ3v) is 5.87. The lowest BCUT2D eigenvalue weighted by atomic mass is 9.72. The van der Waals surface area contributed by atoms with Crippen molar-refractivity contribution in [1.29, 1.82) is 5.26 Å². The Kier molecular flexibility index (Phi) is 3.70. The molecule has 24 heavy (non-hydrogen) atoms. The van der Waals surface area contributed by atoms with Gasteiger partial charge in [0.2, 0.25) is 0 Å². The molecule has 0 spiro atoms. The minimum Gasteiger partial charge on any atom is -0.306 e. The second-order valence-electron chi connectivity index (χ2n) is 6.21. The third kappa shape index (κ3) is 2.18. The van der Waals surface area contributed by atoms with Crippen LogP contribution in [0.5, 0.6) is 0 Å². The molecule has 2 aliphatic rings. The molecule has 6 heteroatoms. The molecule has 1 aromatic carbocycles. The van der Waals surface area contributed by atoms with E-state index in [9.17, 15) is 5.26 Å². The van der Waals surface area contributed by atoms with Gasteiger partial charge in [-0.2, -0.15) is 10.4 Å². The van der Waals surface area contributed by atoms with Gasteiger partial charge in [0.1, 0.15) is 11.8 Å². The maximum absolute atomic E-state index is 9.32. The number of H-pyrrole nitrogens is 1. The fraction of sp³-hybridized carbons (Fsp3) is 0.333. The van der Waals surface area contributed by atoms with E-state index in [-0.39, 0.29) is 12.0 Å². The van der Waals surface area contributed by atoms with E-state index in [1.165, 1.54) is 6.42 Å². The van der Waals surface area contributed by atoms with Gasteiger partial charge in [0, 0.05) is 16.0 Å². The number of hydrogen-bond donors (Lipinski definition) is 1. The van der Waals surface area contributed by atoms with E-state index in [4.69, 9.17) is 11.6 Å². The quantitative estimate of drug-likeness (QED) is 0.787. The van der Waals surface area contributed by atoms with E-state index in [2.05, 4.69) is 37.0 Å². The average Bonchev–Trinajstić information content (AvgIpc) is 3.00. The zero-order valence-corrected chi connectivity index (χ0v) is 14.4. The summed E-state index contributed by atoms with van der Waals surface area (Å²) in [5, 5.41) is 16.4. The molecule has 2 heterocycles. The molecule has 4 rings (SSSR count). The molecule has 118 valence electrons. The molecule has 0 saturated heterocycles. The number of nitrogens with one attached hydrogen (secondary N) is 1. The van der Waals surface area contributed by atoms with Gasteiger partial charge in [0.15, 0.2) is 5.82 Å². The van der Waals surface area contributed by atoms with Crippen molar-refractivity contribution < 1.29 is 0 Å². The lowest BCUT2D eigenvalue weighted by Crippen LogP contribution is -2.37. The number of aliphatic imine (C=N–C) groups is 1. The molecule has 2 unspecified atom stereocenters. The Morgan fingerprint density at radius 2 is 2.17 bits per heavy atom. The average molecular weight is 380 g/mol. The zero-order chi connectivity index (χ0) is 16.7. The van der Waals surface area contributed by atoms with Gasteiger partial charge in [-0.25, -0.2) is 11.6 Å². The fourth-order valence-electron chi connectivity index (χ4n) is 3.53. The van der Waals surface area contributed by atoms with E-state index in [1.807, 2.05) is 12.1 Å². The van der Waals surface area contributed by atoms with Gasteiger partial charge in [0.05, 0.1) is 17.7 Å². The minimum absolute atomic E-state index is 0.160. The van der Waals surface area contributed by atoms with Gasteiger partial charge in [0.25, 0.3) is 6.04 Å². The number of nitriles is 1. The molecule has 1 aromatic heterocycles. The van der Waals surface area contributed by atoms with Crippen LogP contribution in [-0.4, -0.2) is 22.0 Å². The van der Waals surface area contributed by atoms with Crippen molar-refractivity contribution in [2.24, 2.45) is 10.9 Å². The molecule has 1 N–H and O–H groups in total. The fourth-order valence-corrected chi connectivity index (χ4v) is 4.13. The first kappa shape index (κ1) is 15.1. The summed E-state index contributed by atoms with van der Waals surface area (Å²) in [5.74, 6) is 0.976. The predicted octanol–water partition coefficient (Wildman–Crippen LogP) is 4.35. The SMILES string of the molecule is [C-]#[N+]C1C(C2CCC2)=Nc2[nH]ncc2C1c1cccc(C#N)c1Br. The normalized spacial score (nSPS) is 22.7. The first-order chi connectivity index (χ1) is 11.7. The van der Waals surface area contributed by atoms with Crippen LogP contribution in [0.1, 0.15) is 41.9 Å². The molecule has 2 aromatic rings. The number of aromatic nitrogens is 2. The summed E-state index contributed by atoms with van der Waals surface area (Å²) >= 11 is 3.57. The van der Waals surface area contributed by atoms with Crippen molar-refractivity contribution in [3.8, 4) is 6.07 Å². The Hall–Kier alpha value is -2.44. The number of nitrogens with zero attached hydrogens (tertiary/aromatic N) is 4. The van der Waals surface area contributed by atoms with Crippen LogP contribution in [0.15, 0.2) is 33.9 Å². The second-order valence-corrected chi connectivity index (χ2v) is 7.00. The van der Waals surface area contributed by atoms with Crippen molar-refractivity contribution in [3.05, 3.63) is 57.0 Å². The summed E-state index contributed by atoms with van der Waals surface area (Å²) in [6.45, 7) is 7.80. The predicted molar refractivity (Wildman–Crippen MR) is 94.1 cm³/mol. The summed E-state index contributed by atoms with van der Waals surface area (Å²) in [7, 11) is 0. The van der Waals surface area contributed by atoms with Crippen LogP contribution in [0.25, 0.3) is 4.85 Å². The van der Waals surface area contributed by atoms with Gasteiger partial charge < -0.3 is 4.85 Å². The van der Waals surface area contributed by atoms with Gasteiger partial charge >= 0.3 is 0 Å². The Balaban J connectivity index is 1.90. The molecule has 1 fully saturated rings. The van der Waals surface area contributed by atoms with Gasteiger partial charge in [-0.05, 0) is 40.4 Å². The van der Waals surface area contributed by atoms with E-state index < -0.39 is 0 Å². The maximum atomic E-state index is 9.32. The molecular formula is C18H14BrN5. The van der Waals surface area contributed by atoms with E-state index in [0.717, 1.165) is 40.0 Å².